The highest BCUT2D eigenvalue weighted by Crippen LogP contribution is 2.27. The van der Waals surface area contributed by atoms with E-state index < -0.39 is 11.0 Å². The van der Waals surface area contributed by atoms with Gasteiger partial charge < -0.3 is 0 Å². The van der Waals surface area contributed by atoms with E-state index in [0.717, 1.165) is 10.7 Å². The third-order valence-electron chi connectivity index (χ3n) is 1.93. The molecule has 0 aliphatic carbocycles. The van der Waals surface area contributed by atoms with Gasteiger partial charge >= 0.3 is 6.18 Å². The van der Waals surface area contributed by atoms with Gasteiger partial charge in [-0.15, -0.1) is 11.3 Å². The van der Waals surface area contributed by atoms with Gasteiger partial charge in [0.15, 0.2) is 0 Å². The molecule has 0 saturated carbocycles. The van der Waals surface area contributed by atoms with Gasteiger partial charge in [-0.05, 0) is 14.0 Å². The minimum absolute atomic E-state index is 0.0833. The summed E-state index contributed by atoms with van der Waals surface area (Å²) in [4.78, 5) is 4.30. The third kappa shape index (κ3) is 4.39. The van der Waals surface area contributed by atoms with Crippen LogP contribution in [0.4, 0.5) is 13.2 Å². The van der Waals surface area contributed by atoms with E-state index in [4.69, 9.17) is 0 Å². The smallest absolute Gasteiger partial charge is 0.299 e. The highest BCUT2D eigenvalue weighted by molar-refractivity contribution is 9.09. The Balaban J connectivity index is 2.45. The Morgan fingerprint density at radius 1 is 1.56 bits per heavy atom. The van der Waals surface area contributed by atoms with E-state index in [9.17, 15) is 13.2 Å². The first-order valence-corrected chi connectivity index (χ1v) is 6.39. The van der Waals surface area contributed by atoms with Crippen molar-refractivity contribution in [3.63, 3.8) is 0 Å². The van der Waals surface area contributed by atoms with Gasteiger partial charge in [0.25, 0.3) is 0 Å². The maximum atomic E-state index is 12.3. The second-order valence-electron chi connectivity index (χ2n) is 3.56. The predicted octanol–water partition coefficient (Wildman–Crippen LogP) is 3.21. The minimum Gasteiger partial charge on any atom is -0.299 e. The summed E-state index contributed by atoms with van der Waals surface area (Å²) >= 11 is 4.13. The molecule has 1 rings (SSSR count). The average Bonchev–Trinajstić information content (AvgIpc) is 2.49. The molecule has 16 heavy (non-hydrogen) atoms. The molecule has 1 atom stereocenters. The summed E-state index contributed by atoms with van der Waals surface area (Å²) in [6.45, 7) is 2.22. The molecule has 1 aromatic rings. The van der Waals surface area contributed by atoms with Crippen molar-refractivity contribution in [1.82, 2.24) is 9.88 Å². The standard InChI is InChI=1S/C9H12BrF3N2S/c1-6-14-7(5-16-6)3-15(2)4-8(10)9(11,12)13/h5,8H,3-4H2,1-2H3. The first kappa shape index (κ1) is 13.9. The van der Waals surface area contributed by atoms with Crippen LogP contribution in [-0.2, 0) is 6.54 Å². The first-order valence-electron chi connectivity index (χ1n) is 4.59. The van der Waals surface area contributed by atoms with Crippen molar-refractivity contribution in [2.75, 3.05) is 13.6 Å². The van der Waals surface area contributed by atoms with E-state index in [-0.39, 0.29) is 6.54 Å². The number of alkyl halides is 4. The molecule has 0 spiro atoms. The number of thiazole rings is 1. The molecule has 92 valence electrons. The summed E-state index contributed by atoms with van der Waals surface area (Å²) in [5.74, 6) is 0. The Morgan fingerprint density at radius 3 is 2.62 bits per heavy atom. The molecule has 7 heteroatoms. The Morgan fingerprint density at radius 2 is 2.19 bits per heavy atom. The van der Waals surface area contributed by atoms with E-state index in [1.54, 1.807) is 11.9 Å². The van der Waals surface area contributed by atoms with Crippen LogP contribution in [0.5, 0.6) is 0 Å². The molecule has 0 saturated heterocycles. The minimum atomic E-state index is -4.20. The number of halogens is 4. The molecule has 2 nitrogen and oxygen atoms in total. The first-order chi connectivity index (χ1) is 7.29. The van der Waals surface area contributed by atoms with Crippen LogP contribution in [-0.4, -0.2) is 34.5 Å². The number of rotatable bonds is 4. The van der Waals surface area contributed by atoms with Crippen LogP contribution in [0.15, 0.2) is 5.38 Å². The average molecular weight is 317 g/mol. The highest BCUT2D eigenvalue weighted by atomic mass is 79.9. The van der Waals surface area contributed by atoms with Gasteiger partial charge in [0.1, 0.15) is 4.83 Å². The van der Waals surface area contributed by atoms with Gasteiger partial charge in [0.05, 0.1) is 10.7 Å². The van der Waals surface area contributed by atoms with Crippen LogP contribution < -0.4 is 0 Å². The number of nitrogens with zero attached hydrogens (tertiary/aromatic N) is 2. The molecule has 1 aromatic heterocycles. The van der Waals surface area contributed by atoms with Gasteiger partial charge in [-0.3, -0.25) is 4.90 Å². The van der Waals surface area contributed by atoms with Crippen molar-refractivity contribution in [2.45, 2.75) is 24.5 Å². The second kappa shape index (κ2) is 5.46. The molecule has 0 aliphatic heterocycles. The second-order valence-corrected chi connectivity index (χ2v) is 5.73. The summed E-state index contributed by atoms with van der Waals surface area (Å²) in [5.41, 5.74) is 0.812. The summed E-state index contributed by atoms with van der Waals surface area (Å²) in [6.07, 6.45) is -4.20. The van der Waals surface area contributed by atoms with Crippen molar-refractivity contribution >= 4 is 27.3 Å². The van der Waals surface area contributed by atoms with Crippen LogP contribution >= 0.6 is 27.3 Å². The predicted molar refractivity (Wildman–Crippen MR) is 62.0 cm³/mol. The topological polar surface area (TPSA) is 16.1 Å². The molecule has 0 radical (unpaired) electrons. The fraction of sp³-hybridized carbons (Fsp3) is 0.667. The largest absolute Gasteiger partial charge is 0.402 e. The lowest BCUT2D eigenvalue weighted by molar-refractivity contribution is -0.130. The summed E-state index contributed by atoms with van der Waals surface area (Å²) in [5, 5.41) is 2.79. The van der Waals surface area contributed by atoms with E-state index in [2.05, 4.69) is 20.9 Å². The SMILES string of the molecule is Cc1nc(CN(C)CC(Br)C(F)(F)F)cs1. The van der Waals surface area contributed by atoms with E-state index in [1.807, 2.05) is 12.3 Å². The van der Waals surface area contributed by atoms with Crippen molar-refractivity contribution in [3.8, 4) is 0 Å². The van der Waals surface area contributed by atoms with Crippen LogP contribution in [0.25, 0.3) is 0 Å². The van der Waals surface area contributed by atoms with E-state index in [1.165, 1.54) is 11.3 Å². The normalized spacial score (nSPS) is 14.4. The molecular weight excluding hydrogens is 305 g/mol. The number of aryl methyl sites for hydroxylation is 1. The maximum absolute atomic E-state index is 12.3. The Labute approximate surface area is 105 Å². The van der Waals surface area contributed by atoms with Gasteiger partial charge in [0.2, 0.25) is 0 Å². The van der Waals surface area contributed by atoms with Crippen molar-refractivity contribution < 1.29 is 13.2 Å². The number of hydrogen-bond donors (Lipinski definition) is 0. The number of aromatic nitrogens is 1. The third-order valence-corrected chi connectivity index (χ3v) is 3.56. The van der Waals surface area contributed by atoms with Gasteiger partial charge in [-0.25, -0.2) is 4.98 Å². The van der Waals surface area contributed by atoms with Crippen LogP contribution in [0.3, 0.4) is 0 Å². The Kier molecular flexibility index (Phi) is 4.75. The quantitative estimate of drug-likeness (QED) is 0.793. The zero-order chi connectivity index (χ0) is 12.3. The molecule has 1 heterocycles. The molecule has 0 amide bonds. The molecule has 0 aromatic carbocycles. The lowest BCUT2D eigenvalue weighted by Crippen LogP contribution is -2.35. The van der Waals surface area contributed by atoms with Crippen molar-refractivity contribution in [3.05, 3.63) is 16.1 Å². The van der Waals surface area contributed by atoms with Crippen LogP contribution in [0, 0.1) is 6.92 Å². The lowest BCUT2D eigenvalue weighted by Gasteiger charge is -2.21. The van der Waals surface area contributed by atoms with Crippen LogP contribution in [0.2, 0.25) is 0 Å². The fourth-order valence-electron chi connectivity index (χ4n) is 1.20. The van der Waals surface area contributed by atoms with Crippen molar-refractivity contribution in [1.29, 1.82) is 0 Å². The summed E-state index contributed by atoms with van der Waals surface area (Å²) in [7, 11) is 1.65. The highest BCUT2D eigenvalue weighted by Gasteiger charge is 2.38. The zero-order valence-corrected chi connectivity index (χ0v) is 11.3. The maximum Gasteiger partial charge on any atom is 0.402 e. The molecular formula is C9H12BrF3N2S. The van der Waals surface area contributed by atoms with Gasteiger partial charge in [0, 0.05) is 18.5 Å². The number of hydrogen-bond acceptors (Lipinski definition) is 3. The Hall–Kier alpha value is -0.140. The molecule has 0 bridgehead atoms. The summed E-state index contributed by atoms with van der Waals surface area (Å²) in [6, 6.07) is 0. The van der Waals surface area contributed by atoms with E-state index in [0.29, 0.717) is 6.54 Å². The van der Waals surface area contributed by atoms with Gasteiger partial charge in [-0.1, -0.05) is 15.9 Å². The van der Waals surface area contributed by atoms with Gasteiger partial charge in [-0.2, -0.15) is 13.2 Å². The van der Waals surface area contributed by atoms with Crippen molar-refractivity contribution in [2.24, 2.45) is 0 Å². The lowest BCUT2D eigenvalue weighted by atomic mass is 10.3. The van der Waals surface area contributed by atoms with Crippen LogP contribution in [0.1, 0.15) is 10.7 Å². The molecule has 1 unspecified atom stereocenters. The monoisotopic (exact) mass is 316 g/mol. The van der Waals surface area contributed by atoms with E-state index >= 15 is 0 Å². The summed E-state index contributed by atoms with van der Waals surface area (Å²) < 4.78 is 36.8. The molecule has 0 N–H and O–H groups in total. The Bertz CT molecular complexity index is 340. The molecule has 0 aliphatic rings. The molecule has 0 fully saturated rings. The fourth-order valence-corrected chi connectivity index (χ4v) is 2.30. The zero-order valence-electron chi connectivity index (χ0n) is 8.88.